The molecule has 0 spiro atoms. The summed E-state index contributed by atoms with van der Waals surface area (Å²) in [6, 6.07) is 0. The van der Waals surface area contributed by atoms with Crippen molar-refractivity contribution in [3.63, 3.8) is 0 Å². The first-order chi connectivity index (χ1) is 7.54. The molecule has 0 aromatic carbocycles. The van der Waals surface area contributed by atoms with Gasteiger partial charge in [0.15, 0.2) is 0 Å². The van der Waals surface area contributed by atoms with E-state index >= 15 is 0 Å². The molecule has 0 unspecified atom stereocenters. The molecule has 7 heteroatoms. The molecule has 2 aromatic heterocycles. The number of alkyl halides is 1. The van der Waals surface area contributed by atoms with Crippen LogP contribution >= 0.6 is 22.9 Å². The Hall–Kier alpha value is -1.40. The summed E-state index contributed by atoms with van der Waals surface area (Å²) >= 11 is 6.55. The highest BCUT2D eigenvalue weighted by Crippen LogP contribution is 2.26. The van der Waals surface area contributed by atoms with Crippen molar-refractivity contribution in [3.8, 4) is 0 Å². The molecular weight excluding hydrogens is 252 g/mol. The minimum atomic E-state index is -1.05. The Balaban J connectivity index is 2.86. The number of rotatable bonds is 2. The summed E-state index contributed by atoms with van der Waals surface area (Å²) in [4.78, 5) is 29.7. The number of halogens is 1. The van der Waals surface area contributed by atoms with Crippen LogP contribution in [0.15, 0.2) is 4.79 Å². The highest BCUT2D eigenvalue weighted by molar-refractivity contribution is 7.20. The van der Waals surface area contributed by atoms with Crippen molar-refractivity contribution in [2.45, 2.75) is 12.8 Å². The summed E-state index contributed by atoms with van der Waals surface area (Å²) in [5, 5.41) is 9.26. The number of carboxylic acid groups (broad SMARTS) is 1. The molecule has 16 heavy (non-hydrogen) atoms. The molecule has 2 rings (SSSR count). The van der Waals surface area contributed by atoms with Gasteiger partial charge >= 0.3 is 5.97 Å². The van der Waals surface area contributed by atoms with Crippen molar-refractivity contribution in [3.05, 3.63) is 26.6 Å². The first-order valence-corrected chi connectivity index (χ1v) is 5.71. The van der Waals surface area contributed by atoms with E-state index in [0.29, 0.717) is 21.6 Å². The van der Waals surface area contributed by atoms with E-state index in [1.807, 2.05) is 0 Å². The predicted octanol–water partition coefficient (Wildman–Crippen LogP) is 1.73. The van der Waals surface area contributed by atoms with Gasteiger partial charge in [0, 0.05) is 0 Å². The Bertz CT molecular complexity index is 631. The molecule has 2 heterocycles. The summed E-state index contributed by atoms with van der Waals surface area (Å²) < 4.78 is 0. The zero-order chi connectivity index (χ0) is 11.9. The summed E-state index contributed by atoms with van der Waals surface area (Å²) in [5.41, 5.74) is 0.101. The second-order valence-electron chi connectivity index (χ2n) is 3.19. The fourth-order valence-electron chi connectivity index (χ4n) is 1.46. The van der Waals surface area contributed by atoms with Crippen LogP contribution in [-0.4, -0.2) is 21.0 Å². The van der Waals surface area contributed by atoms with Crippen LogP contribution in [0.25, 0.3) is 10.2 Å². The Morgan fingerprint density at radius 3 is 2.88 bits per heavy atom. The fourth-order valence-corrected chi connectivity index (χ4v) is 2.62. The largest absolute Gasteiger partial charge is 0.477 e. The second-order valence-corrected chi connectivity index (χ2v) is 4.45. The molecule has 0 atom stereocenters. The summed E-state index contributed by atoms with van der Waals surface area (Å²) in [7, 11) is 0. The van der Waals surface area contributed by atoms with E-state index in [2.05, 4.69) is 9.97 Å². The lowest BCUT2D eigenvalue weighted by atomic mass is 10.2. The normalized spacial score (nSPS) is 10.9. The van der Waals surface area contributed by atoms with Crippen LogP contribution in [0.3, 0.4) is 0 Å². The van der Waals surface area contributed by atoms with E-state index in [0.717, 1.165) is 11.3 Å². The quantitative estimate of drug-likeness (QED) is 0.804. The average molecular weight is 259 g/mol. The van der Waals surface area contributed by atoms with Crippen LogP contribution in [0.5, 0.6) is 0 Å². The van der Waals surface area contributed by atoms with E-state index in [1.54, 1.807) is 6.92 Å². The number of thiophene rings is 1. The van der Waals surface area contributed by atoms with Gasteiger partial charge in [0.2, 0.25) is 0 Å². The van der Waals surface area contributed by atoms with Crippen molar-refractivity contribution in [1.29, 1.82) is 0 Å². The lowest BCUT2D eigenvalue weighted by molar-refractivity contribution is 0.0701. The predicted molar refractivity (Wildman–Crippen MR) is 61.5 cm³/mol. The maximum absolute atomic E-state index is 11.7. The Labute approximate surface area is 98.7 Å². The number of H-pyrrole nitrogens is 1. The van der Waals surface area contributed by atoms with Crippen LogP contribution in [0, 0.1) is 6.92 Å². The zero-order valence-electron chi connectivity index (χ0n) is 8.20. The van der Waals surface area contributed by atoms with Crippen LogP contribution in [-0.2, 0) is 5.88 Å². The minimum absolute atomic E-state index is 0.0878. The average Bonchev–Trinajstić information content (AvgIpc) is 2.56. The van der Waals surface area contributed by atoms with E-state index in [4.69, 9.17) is 16.7 Å². The first kappa shape index (κ1) is 11.1. The molecule has 0 bridgehead atoms. The number of aromatic amines is 1. The van der Waals surface area contributed by atoms with E-state index in [-0.39, 0.29) is 16.3 Å². The van der Waals surface area contributed by atoms with Crippen LogP contribution in [0.1, 0.15) is 21.1 Å². The number of hydrogen-bond donors (Lipinski definition) is 2. The summed E-state index contributed by atoms with van der Waals surface area (Å²) in [6.45, 7) is 1.60. The van der Waals surface area contributed by atoms with Gasteiger partial charge in [0.25, 0.3) is 5.56 Å². The maximum atomic E-state index is 11.7. The molecule has 0 amide bonds. The number of nitrogens with one attached hydrogen (secondary N) is 1. The molecule has 0 saturated heterocycles. The monoisotopic (exact) mass is 258 g/mol. The van der Waals surface area contributed by atoms with Gasteiger partial charge in [0.05, 0.1) is 11.3 Å². The molecule has 0 aliphatic rings. The van der Waals surface area contributed by atoms with Crippen LogP contribution in [0.2, 0.25) is 0 Å². The van der Waals surface area contributed by atoms with Gasteiger partial charge in [-0.1, -0.05) is 0 Å². The molecule has 0 aliphatic heterocycles. The maximum Gasteiger partial charge on any atom is 0.346 e. The van der Waals surface area contributed by atoms with Crippen LogP contribution in [0.4, 0.5) is 0 Å². The summed E-state index contributed by atoms with van der Waals surface area (Å²) in [6.07, 6.45) is 0. The van der Waals surface area contributed by atoms with Gasteiger partial charge in [-0.05, 0) is 12.5 Å². The number of fused-ring (bicyclic) bond motifs is 1. The number of aromatic carboxylic acids is 1. The van der Waals surface area contributed by atoms with E-state index in [1.165, 1.54) is 0 Å². The first-order valence-electron chi connectivity index (χ1n) is 4.36. The molecular formula is C9H7ClN2O3S. The highest BCUT2D eigenvalue weighted by atomic mass is 35.5. The third kappa shape index (κ3) is 1.60. The lowest BCUT2D eigenvalue weighted by Crippen LogP contribution is -2.10. The van der Waals surface area contributed by atoms with Gasteiger partial charge in [0.1, 0.15) is 15.5 Å². The van der Waals surface area contributed by atoms with Crippen molar-refractivity contribution in [2.24, 2.45) is 0 Å². The van der Waals surface area contributed by atoms with Crippen molar-refractivity contribution < 1.29 is 9.90 Å². The third-order valence-electron chi connectivity index (χ3n) is 2.17. The molecule has 0 aliphatic carbocycles. The molecule has 5 nitrogen and oxygen atoms in total. The van der Waals surface area contributed by atoms with Gasteiger partial charge in [-0.25, -0.2) is 9.78 Å². The van der Waals surface area contributed by atoms with Gasteiger partial charge in [-0.3, -0.25) is 4.79 Å². The molecule has 2 N–H and O–H groups in total. The Kier molecular flexibility index (Phi) is 2.69. The number of carboxylic acids is 1. The molecule has 2 aromatic rings. The van der Waals surface area contributed by atoms with Gasteiger partial charge in [-0.15, -0.1) is 22.9 Å². The van der Waals surface area contributed by atoms with Crippen LogP contribution < -0.4 is 5.56 Å². The zero-order valence-corrected chi connectivity index (χ0v) is 9.78. The lowest BCUT2D eigenvalue weighted by Gasteiger charge is -1.94. The van der Waals surface area contributed by atoms with E-state index < -0.39 is 5.97 Å². The number of carbonyl (C=O) groups is 1. The Morgan fingerprint density at radius 2 is 2.31 bits per heavy atom. The Morgan fingerprint density at radius 1 is 1.62 bits per heavy atom. The summed E-state index contributed by atoms with van der Waals surface area (Å²) in [5.74, 6) is -0.616. The van der Waals surface area contributed by atoms with Gasteiger partial charge in [-0.2, -0.15) is 0 Å². The SMILES string of the molecule is Cc1c(C(=O)O)sc2nc(CCl)[nH]c(=O)c12. The number of aryl methyl sites for hydroxylation is 1. The standard InChI is InChI=1S/C9H7ClN2O3S/c1-3-5-7(13)11-4(2-10)12-8(5)16-6(3)9(14)15/h2H2,1H3,(H,14,15)(H,11,12,13). The second kappa shape index (κ2) is 3.88. The minimum Gasteiger partial charge on any atom is -0.477 e. The molecule has 0 fully saturated rings. The third-order valence-corrected chi connectivity index (χ3v) is 3.60. The molecule has 84 valence electrons. The molecule has 0 radical (unpaired) electrons. The van der Waals surface area contributed by atoms with Crippen molar-refractivity contribution in [2.75, 3.05) is 0 Å². The topological polar surface area (TPSA) is 83.0 Å². The van der Waals surface area contributed by atoms with E-state index in [9.17, 15) is 9.59 Å². The van der Waals surface area contributed by atoms with Crippen molar-refractivity contribution in [1.82, 2.24) is 9.97 Å². The fraction of sp³-hybridized carbons (Fsp3) is 0.222. The van der Waals surface area contributed by atoms with Gasteiger partial charge < -0.3 is 10.1 Å². The smallest absolute Gasteiger partial charge is 0.346 e. The number of aromatic nitrogens is 2. The molecule has 0 saturated carbocycles. The number of nitrogens with zero attached hydrogens (tertiary/aromatic N) is 1. The highest BCUT2D eigenvalue weighted by Gasteiger charge is 2.18. The van der Waals surface area contributed by atoms with Crippen molar-refractivity contribution >= 4 is 39.1 Å². The number of hydrogen-bond acceptors (Lipinski definition) is 4.